The van der Waals surface area contributed by atoms with Crippen molar-refractivity contribution in [3.63, 3.8) is 0 Å². The van der Waals surface area contributed by atoms with E-state index in [2.05, 4.69) is 18.1 Å². The lowest BCUT2D eigenvalue weighted by molar-refractivity contribution is -0.173. The highest BCUT2D eigenvalue weighted by molar-refractivity contribution is 7.71. The topological polar surface area (TPSA) is 247 Å². The van der Waals surface area contributed by atoms with Gasteiger partial charge in [0, 0.05) is 18.7 Å². The molecule has 178 valence electrons. The summed E-state index contributed by atoms with van der Waals surface area (Å²) < 4.78 is 52.3. The molecule has 0 radical (unpaired) electrons. The first-order valence-electron chi connectivity index (χ1n) is 8.07. The Morgan fingerprint density at radius 1 is 1.23 bits per heavy atom. The molecule has 1 saturated heterocycles. The number of aliphatic hydroxyl groups is 2. The molecular formula is C11H19N2O14P3S. The van der Waals surface area contributed by atoms with Crippen LogP contribution >= 0.6 is 35.7 Å². The Balaban J connectivity index is 2.21. The summed E-state index contributed by atoms with van der Waals surface area (Å²) in [6.07, 6.45) is -3.97. The largest absolute Gasteiger partial charge is 0.490 e. The molecule has 1 aromatic heterocycles. The number of aliphatic hydroxyl groups excluding tert-OH is 1. The van der Waals surface area contributed by atoms with E-state index in [1.807, 2.05) is 0 Å². The maximum absolute atomic E-state index is 12.0. The number of nitrogens with zero attached hydrogens (tertiary/aromatic N) is 1. The quantitative estimate of drug-likeness (QED) is 0.176. The van der Waals surface area contributed by atoms with E-state index in [1.165, 1.54) is 6.20 Å². The SMILES string of the molecule is CC1(O)C(O)CC(OP(=O)(O)OP(=O)(O)OP(=O)(O)O)CO[C@H]1n1ccc(=O)[nH]c1=S. The van der Waals surface area contributed by atoms with E-state index in [4.69, 9.17) is 26.7 Å². The smallest absolute Gasteiger partial charge is 0.390 e. The molecular weight excluding hydrogens is 509 g/mol. The van der Waals surface area contributed by atoms with Gasteiger partial charge in [-0.2, -0.15) is 8.62 Å². The van der Waals surface area contributed by atoms with Crippen molar-refractivity contribution < 1.29 is 61.4 Å². The average Bonchev–Trinajstić information content (AvgIpc) is 2.61. The molecule has 1 aliphatic rings. The van der Waals surface area contributed by atoms with E-state index in [-0.39, 0.29) is 4.77 Å². The molecule has 2 heterocycles. The zero-order valence-electron chi connectivity index (χ0n) is 15.4. The van der Waals surface area contributed by atoms with Crippen LogP contribution in [0, 0.1) is 4.77 Å². The lowest BCUT2D eigenvalue weighted by atomic mass is 9.93. The van der Waals surface area contributed by atoms with Crippen molar-refractivity contribution in [1.29, 1.82) is 0 Å². The first kappa shape index (κ1) is 26.6. The molecule has 6 atom stereocenters. The van der Waals surface area contributed by atoms with Crippen LogP contribution in [0.15, 0.2) is 17.1 Å². The number of hydrogen-bond acceptors (Lipinski definition) is 11. The summed E-state index contributed by atoms with van der Waals surface area (Å²) in [4.78, 5) is 49.5. The second-order valence-corrected chi connectivity index (χ2v) is 11.3. The molecule has 5 unspecified atom stereocenters. The lowest BCUT2D eigenvalue weighted by Gasteiger charge is -2.35. The van der Waals surface area contributed by atoms with Crippen LogP contribution in [0.5, 0.6) is 0 Å². The van der Waals surface area contributed by atoms with Gasteiger partial charge in [-0.25, -0.2) is 13.7 Å². The van der Waals surface area contributed by atoms with E-state index in [9.17, 15) is 38.5 Å². The summed E-state index contributed by atoms with van der Waals surface area (Å²) >= 11 is 4.99. The van der Waals surface area contributed by atoms with Crippen LogP contribution in [-0.4, -0.2) is 63.8 Å². The van der Waals surface area contributed by atoms with Crippen molar-refractivity contribution in [2.24, 2.45) is 0 Å². The van der Waals surface area contributed by atoms with Crippen LogP contribution in [0.2, 0.25) is 0 Å². The van der Waals surface area contributed by atoms with Crippen LogP contribution < -0.4 is 5.56 Å². The summed E-state index contributed by atoms with van der Waals surface area (Å²) in [5, 5.41) is 21.1. The Bertz CT molecular complexity index is 1060. The third-order valence-electron chi connectivity index (χ3n) is 3.90. The zero-order valence-corrected chi connectivity index (χ0v) is 18.9. The van der Waals surface area contributed by atoms with E-state index in [0.29, 0.717) is 0 Å². The van der Waals surface area contributed by atoms with Crippen LogP contribution in [-0.2, 0) is 31.6 Å². The first-order chi connectivity index (χ1) is 13.9. The monoisotopic (exact) mass is 528 g/mol. The maximum atomic E-state index is 12.0. The van der Waals surface area contributed by atoms with Crippen molar-refractivity contribution in [1.82, 2.24) is 9.55 Å². The van der Waals surface area contributed by atoms with Crippen molar-refractivity contribution in [3.8, 4) is 0 Å². The molecule has 1 aromatic rings. The minimum atomic E-state index is -5.73. The Labute approximate surface area is 178 Å². The van der Waals surface area contributed by atoms with Crippen molar-refractivity contribution in [3.05, 3.63) is 27.4 Å². The van der Waals surface area contributed by atoms with Gasteiger partial charge in [-0.3, -0.25) is 18.9 Å². The summed E-state index contributed by atoms with van der Waals surface area (Å²) in [7, 11) is -16.8. The number of nitrogens with one attached hydrogen (secondary N) is 1. The van der Waals surface area contributed by atoms with Gasteiger partial charge in [-0.1, -0.05) is 0 Å². The standard InChI is InChI=1S/C11H19N2O14P3S/c1-11(16)7(14)4-6(5-24-9(11)13-3-2-8(15)12-10(13)31)25-29(20,21)27-30(22,23)26-28(17,18)19/h2-3,6-7,9,14,16H,4-5H2,1H3,(H,20,21)(H,22,23)(H,12,15,31)(H2,17,18,19)/t6?,7?,9-,11?/m1/s1. The number of rotatable bonds is 7. The molecule has 20 heteroatoms. The number of aromatic amines is 1. The normalized spacial score (nSPS) is 31.4. The minimum absolute atomic E-state index is 0.170. The molecule has 0 saturated carbocycles. The highest BCUT2D eigenvalue weighted by Crippen LogP contribution is 2.66. The molecule has 0 aliphatic carbocycles. The molecule has 0 amide bonds. The van der Waals surface area contributed by atoms with Gasteiger partial charge in [0.25, 0.3) is 5.56 Å². The highest BCUT2D eigenvalue weighted by Gasteiger charge is 2.48. The molecule has 0 spiro atoms. The van der Waals surface area contributed by atoms with Crippen LogP contribution in [0.25, 0.3) is 0 Å². The van der Waals surface area contributed by atoms with E-state index in [1.54, 1.807) is 0 Å². The van der Waals surface area contributed by atoms with Gasteiger partial charge < -0.3 is 34.5 Å². The third-order valence-corrected chi connectivity index (χ3v) is 8.11. The van der Waals surface area contributed by atoms with Gasteiger partial charge in [-0.05, 0) is 19.1 Å². The van der Waals surface area contributed by atoms with Crippen molar-refractivity contribution >= 4 is 35.7 Å². The summed E-state index contributed by atoms with van der Waals surface area (Å²) in [6.45, 7) is 0.560. The van der Waals surface area contributed by atoms with E-state index < -0.39 is 66.1 Å². The fourth-order valence-electron chi connectivity index (χ4n) is 2.62. The highest BCUT2D eigenvalue weighted by atomic mass is 32.1. The molecule has 31 heavy (non-hydrogen) atoms. The predicted octanol–water partition coefficient (Wildman–Crippen LogP) is -0.351. The molecule has 1 fully saturated rings. The zero-order chi connectivity index (χ0) is 23.8. The van der Waals surface area contributed by atoms with Crippen molar-refractivity contribution in [2.45, 2.75) is 37.4 Å². The van der Waals surface area contributed by atoms with Crippen LogP contribution in [0.4, 0.5) is 0 Å². The maximum Gasteiger partial charge on any atom is 0.490 e. The third kappa shape index (κ3) is 7.45. The first-order valence-corrected chi connectivity index (χ1v) is 13.0. The fraction of sp³-hybridized carbons (Fsp3) is 0.636. The second kappa shape index (κ2) is 9.33. The van der Waals surface area contributed by atoms with Gasteiger partial charge in [0.05, 0.1) is 18.8 Å². The number of ether oxygens (including phenoxy) is 1. The van der Waals surface area contributed by atoms with Gasteiger partial charge in [0.2, 0.25) is 0 Å². The van der Waals surface area contributed by atoms with E-state index >= 15 is 0 Å². The summed E-state index contributed by atoms with van der Waals surface area (Å²) in [5.74, 6) is 0. The Morgan fingerprint density at radius 2 is 1.84 bits per heavy atom. The summed E-state index contributed by atoms with van der Waals surface area (Å²) in [6, 6.07) is 1.07. The van der Waals surface area contributed by atoms with E-state index in [0.717, 1.165) is 17.6 Å². The molecule has 0 aromatic carbocycles. The van der Waals surface area contributed by atoms with Gasteiger partial charge in [0.15, 0.2) is 11.0 Å². The lowest BCUT2D eigenvalue weighted by Crippen LogP contribution is -2.47. The van der Waals surface area contributed by atoms with Crippen LogP contribution in [0.3, 0.4) is 0 Å². The number of aromatic nitrogens is 2. The molecule has 7 N–H and O–H groups in total. The average molecular weight is 528 g/mol. The van der Waals surface area contributed by atoms with Gasteiger partial charge in [0.1, 0.15) is 5.60 Å². The Hall–Kier alpha value is -0.610. The molecule has 16 nitrogen and oxygen atoms in total. The Kier molecular flexibility index (Phi) is 8.02. The number of phosphoric acid groups is 3. The minimum Gasteiger partial charge on any atom is -0.390 e. The molecule has 0 bridgehead atoms. The number of hydrogen-bond donors (Lipinski definition) is 7. The fourth-order valence-corrected chi connectivity index (χ4v) is 6.06. The predicted molar refractivity (Wildman–Crippen MR) is 101 cm³/mol. The second-order valence-electron chi connectivity index (χ2n) is 6.50. The van der Waals surface area contributed by atoms with Gasteiger partial charge in [-0.15, -0.1) is 0 Å². The molecule has 2 rings (SSSR count). The summed E-state index contributed by atoms with van der Waals surface area (Å²) in [5.41, 5.74) is -2.61. The van der Waals surface area contributed by atoms with Crippen LogP contribution in [0.1, 0.15) is 19.6 Å². The number of phosphoric ester groups is 1. The molecule has 1 aliphatic heterocycles. The Morgan fingerprint density at radius 3 is 2.39 bits per heavy atom. The van der Waals surface area contributed by atoms with Gasteiger partial charge >= 0.3 is 23.5 Å². The number of H-pyrrole nitrogens is 1. The van der Waals surface area contributed by atoms with Crippen molar-refractivity contribution in [2.75, 3.05) is 6.61 Å².